The van der Waals surface area contributed by atoms with Crippen molar-refractivity contribution in [2.24, 2.45) is 0 Å². The van der Waals surface area contributed by atoms with Crippen molar-refractivity contribution in [3.05, 3.63) is 58.7 Å². The molecule has 0 aliphatic rings. The minimum atomic E-state index is -0.375. The molecule has 0 saturated carbocycles. The second kappa shape index (κ2) is 8.24. The first-order chi connectivity index (χ1) is 11.1. The number of ether oxygens (including phenoxy) is 2. The molecule has 2 aromatic carbocycles. The van der Waals surface area contributed by atoms with Crippen LogP contribution in [0, 0.1) is 0 Å². The normalized spacial score (nSPS) is 10.4. The zero-order valence-electron chi connectivity index (χ0n) is 12.8. The molecule has 2 amide bonds. The number of rotatable bonds is 5. The zero-order chi connectivity index (χ0) is 16.7. The maximum absolute atomic E-state index is 12.0. The van der Waals surface area contributed by atoms with Crippen LogP contribution in [0.4, 0.5) is 10.5 Å². The van der Waals surface area contributed by atoms with Crippen LogP contribution in [0.2, 0.25) is 0 Å². The summed E-state index contributed by atoms with van der Waals surface area (Å²) < 4.78 is 11.3. The number of methoxy groups -OCH3 is 2. The lowest BCUT2D eigenvalue weighted by Gasteiger charge is -2.11. The summed E-state index contributed by atoms with van der Waals surface area (Å²) in [6.07, 6.45) is 3.37. The highest BCUT2D eigenvalue weighted by Gasteiger charge is 2.07. The molecule has 6 heteroatoms. The van der Waals surface area contributed by atoms with Crippen molar-refractivity contribution >= 4 is 33.7 Å². The summed E-state index contributed by atoms with van der Waals surface area (Å²) in [5, 5.41) is 5.37. The lowest BCUT2D eigenvalue weighted by molar-refractivity contribution is 0.255. The molecule has 2 rings (SSSR count). The maximum Gasteiger partial charge on any atom is 0.323 e. The number of anilines is 1. The maximum atomic E-state index is 12.0. The molecule has 23 heavy (non-hydrogen) atoms. The molecule has 0 saturated heterocycles. The molecule has 0 aliphatic heterocycles. The van der Waals surface area contributed by atoms with E-state index < -0.39 is 0 Å². The molecule has 0 spiro atoms. The van der Waals surface area contributed by atoms with Crippen molar-refractivity contribution in [3.8, 4) is 11.5 Å². The highest BCUT2D eigenvalue weighted by atomic mass is 79.9. The Kier molecular flexibility index (Phi) is 6.05. The van der Waals surface area contributed by atoms with Gasteiger partial charge < -0.3 is 20.1 Å². The number of carbonyl (C=O) groups excluding carboxylic acids is 1. The number of urea groups is 1. The Hall–Kier alpha value is -2.47. The first-order valence-electron chi connectivity index (χ1n) is 6.84. The number of nitrogens with one attached hydrogen (secondary N) is 2. The number of halogens is 1. The van der Waals surface area contributed by atoms with Gasteiger partial charge in [-0.15, -0.1) is 0 Å². The van der Waals surface area contributed by atoms with E-state index in [1.54, 1.807) is 37.6 Å². The minimum absolute atomic E-state index is 0.375. The summed E-state index contributed by atoms with van der Waals surface area (Å²) in [6.45, 7) is 0. The molecular weight excluding hydrogens is 360 g/mol. The van der Waals surface area contributed by atoms with Crippen LogP contribution < -0.4 is 20.1 Å². The minimum Gasteiger partial charge on any atom is -0.497 e. The number of amides is 2. The van der Waals surface area contributed by atoms with Crippen LogP contribution in [-0.2, 0) is 0 Å². The summed E-state index contributed by atoms with van der Waals surface area (Å²) in [4.78, 5) is 12.0. The number of carbonyl (C=O) groups is 1. The summed E-state index contributed by atoms with van der Waals surface area (Å²) in [7, 11) is 3.10. The van der Waals surface area contributed by atoms with Crippen LogP contribution in [0.25, 0.3) is 6.08 Å². The van der Waals surface area contributed by atoms with E-state index >= 15 is 0 Å². The van der Waals surface area contributed by atoms with Gasteiger partial charge >= 0.3 is 6.03 Å². The van der Waals surface area contributed by atoms with Gasteiger partial charge in [-0.25, -0.2) is 4.79 Å². The van der Waals surface area contributed by atoms with E-state index in [0.717, 1.165) is 10.0 Å². The Morgan fingerprint density at radius 3 is 2.61 bits per heavy atom. The summed E-state index contributed by atoms with van der Waals surface area (Å²) in [5.41, 5.74) is 1.49. The summed E-state index contributed by atoms with van der Waals surface area (Å²) in [6, 6.07) is 12.5. The van der Waals surface area contributed by atoms with Crippen LogP contribution in [0.3, 0.4) is 0 Å². The van der Waals surface area contributed by atoms with Gasteiger partial charge in [0.05, 0.1) is 19.9 Å². The average Bonchev–Trinajstić information content (AvgIpc) is 2.56. The van der Waals surface area contributed by atoms with E-state index in [1.165, 1.54) is 7.11 Å². The monoisotopic (exact) mass is 376 g/mol. The highest BCUT2D eigenvalue weighted by Crippen LogP contribution is 2.28. The lowest BCUT2D eigenvalue weighted by Crippen LogP contribution is -2.24. The lowest BCUT2D eigenvalue weighted by atomic mass is 10.2. The molecule has 0 bridgehead atoms. The Morgan fingerprint density at radius 1 is 1.13 bits per heavy atom. The van der Waals surface area contributed by atoms with Crippen molar-refractivity contribution in [3.63, 3.8) is 0 Å². The Balaban J connectivity index is 2.01. The standard InChI is InChI=1S/C17H17BrN2O3/c1-22-13-7-8-16(23-2)15(11-13)20-17(21)19-10-9-12-5-3-4-6-14(12)18/h3-11H,1-2H3,(H2,19,20,21)/b10-9+. The quantitative estimate of drug-likeness (QED) is 0.819. The molecule has 2 aromatic rings. The van der Waals surface area contributed by atoms with E-state index in [4.69, 9.17) is 9.47 Å². The fraction of sp³-hybridized carbons (Fsp3) is 0.118. The SMILES string of the molecule is COc1ccc(OC)c(NC(=O)N/C=C/c2ccccc2Br)c1. The zero-order valence-corrected chi connectivity index (χ0v) is 14.4. The van der Waals surface area contributed by atoms with Gasteiger partial charge in [0.15, 0.2) is 0 Å². The van der Waals surface area contributed by atoms with Crippen molar-refractivity contribution in [1.29, 1.82) is 0 Å². The largest absolute Gasteiger partial charge is 0.497 e. The fourth-order valence-corrected chi connectivity index (χ4v) is 2.30. The van der Waals surface area contributed by atoms with Gasteiger partial charge in [0.25, 0.3) is 0 Å². The molecule has 0 radical (unpaired) electrons. The fourth-order valence-electron chi connectivity index (χ4n) is 1.89. The van der Waals surface area contributed by atoms with Gasteiger partial charge in [-0.2, -0.15) is 0 Å². The smallest absolute Gasteiger partial charge is 0.323 e. The van der Waals surface area contributed by atoms with Crippen LogP contribution >= 0.6 is 15.9 Å². The predicted molar refractivity (Wildman–Crippen MR) is 94.9 cm³/mol. The van der Waals surface area contributed by atoms with Crippen molar-refractivity contribution in [1.82, 2.24) is 5.32 Å². The first-order valence-corrected chi connectivity index (χ1v) is 7.64. The van der Waals surface area contributed by atoms with Crippen LogP contribution in [0.5, 0.6) is 11.5 Å². The van der Waals surface area contributed by atoms with E-state index in [1.807, 2.05) is 24.3 Å². The Bertz CT molecular complexity index is 717. The van der Waals surface area contributed by atoms with E-state index in [-0.39, 0.29) is 6.03 Å². The van der Waals surface area contributed by atoms with Gasteiger partial charge in [-0.3, -0.25) is 0 Å². The third kappa shape index (κ3) is 4.75. The number of hydrogen-bond donors (Lipinski definition) is 2. The highest BCUT2D eigenvalue weighted by molar-refractivity contribution is 9.10. The molecule has 5 nitrogen and oxygen atoms in total. The topological polar surface area (TPSA) is 59.6 Å². The number of hydrogen-bond acceptors (Lipinski definition) is 3. The van der Waals surface area contributed by atoms with Gasteiger partial charge in [0, 0.05) is 16.7 Å². The third-order valence-electron chi connectivity index (χ3n) is 3.04. The summed E-state index contributed by atoms with van der Waals surface area (Å²) >= 11 is 3.44. The predicted octanol–water partition coefficient (Wildman–Crippen LogP) is 4.26. The van der Waals surface area contributed by atoms with Crippen molar-refractivity contribution in [2.75, 3.05) is 19.5 Å². The Morgan fingerprint density at radius 2 is 1.91 bits per heavy atom. The molecule has 120 valence electrons. The van der Waals surface area contributed by atoms with Gasteiger partial charge in [-0.05, 0) is 29.8 Å². The van der Waals surface area contributed by atoms with Crippen molar-refractivity contribution < 1.29 is 14.3 Å². The number of benzene rings is 2. The van der Waals surface area contributed by atoms with E-state index in [0.29, 0.717) is 17.2 Å². The third-order valence-corrected chi connectivity index (χ3v) is 3.76. The van der Waals surface area contributed by atoms with E-state index in [9.17, 15) is 4.79 Å². The molecule has 2 N–H and O–H groups in total. The second-order valence-corrected chi connectivity index (χ2v) is 5.37. The Labute approximate surface area is 143 Å². The second-order valence-electron chi connectivity index (χ2n) is 4.52. The molecule has 0 heterocycles. The van der Waals surface area contributed by atoms with Crippen LogP contribution in [0.1, 0.15) is 5.56 Å². The van der Waals surface area contributed by atoms with Gasteiger partial charge in [0.2, 0.25) is 0 Å². The average molecular weight is 377 g/mol. The van der Waals surface area contributed by atoms with E-state index in [2.05, 4.69) is 26.6 Å². The summed E-state index contributed by atoms with van der Waals surface area (Å²) in [5.74, 6) is 1.18. The molecule has 0 unspecified atom stereocenters. The van der Waals surface area contributed by atoms with Crippen molar-refractivity contribution in [2.45, 2.75) is 0 Å². The molecule has 0 aromatic heterocycles. The molecule has 0 fully saturated rings. The van der Waals surface area contributed by atoms with Crippen LogP contribution in [-0.4, -0.2) is 20.3 Å². The molecule has 0 atom stereocenters. The van der Waals surface area contributed by atoms with Gasteiger partial charge in [-0.1, -0.05) is 34.1 Å². The van der Waals surface area contributed by atoms with Gasteiger partial charge in [0.1, 0.15) is 11.5 Å². The molecular formula is C17H17BrN2O3. The molecule has 0 aliphatic carbocycles. The first kappa shape index (κ1) is 16.9. The van der Waals surface area contributed by atoms with Crippen LogP contribution in [0.15, 0.2) is 53.1 Å².